The largest absolute Gasteiger partial charge is 0.324 e. The van der Waals surface area contributed by atoms with Gasteiger partial charge >= 0.3 is 0 Å². The van der Waals surface area contributed by atoms with E-state index in [9.17, 15) is 0 Å². The minimum atomic E-state index is 0. The fourth-order valence-electron chi connectivity index (χ4n) is 0.926. The van der Waals surface area contributed by atoms with Crippen LogP contribution in [-0.4, -0.2) is 4.98 Å². The fraction of sp³-hybridized carbons (Fsp3) is 0.222. The first-order valence-corrected chi connectivity index (χ1v) is 3.61. The quantitative estimate of drug-likeness (QED) is 0.731. The molecule has 0 spiro atoms. The maximum Gasteiger partial charge on any atom is 0.0330 e. The van der Waals surface area contributed by atoms with E-state index in [1.165, 1.54) is 0 Å². The molecule has 0 aromatic carbocycles. The van der Waals surface area contributed by atoms with E-state index < -0.39 is 0 Å². The number of halogens is 1. The smallest absolute Gasteiger partial charge is 0.0330 e. The van der Waals surface area contributed by atoms with Crippen molar-refractivity contribution in [1.29, 1.82) is 0 Å². The van der Waals surface area contributed by atoms with E-state index in [0.717, 1.165) is 12.0 Å². The molecule has 0 amide bonds. The molecule has 66 valence electrons. The number of nitrogens with two attached hydrogens (primary N) is 1. The Balaban J connectivity index is 0.00000121. The first-order valence-electron chi connectivity index (χ1n) is 3.61. The van der Waals surface area contributed by atoms with Gasteiger partial charge in [-0.2, -0.15) is 0 Å². The summed E-state index contributed by atoms with van der Waals surface area (Å²) in [5.41, 5.74) is 6.92. The zero-order chi connectivity index (χ0) is 8.10. The standard InChI is InChI=1S/C9H12N2.ClH/c1-2-3-9(10)8-4-6-11-7-5-8;/h2,4-7,9H,1,3,10H2;1H/t9-;/m1./s1. The van der Waals surface area contributed by atoms with Gasteiger partial charge in [0.15, 0.2) is 0 Å². The van der Waals surface area contributed by atoms with Gasteiger partial charge in [-0.15, -0.1) is 19.0 Å². The van der Waals surface area contributed by atoms with Crippen LogP contribution in [0, 0.1) is 0 Å². The molecule has 2 nitrogen and oxygen atoms in total. The number of rotatable bonds is 3. The van der Waals surface area contributed by atoms with Crippen molar-refractivity contribution in [2.24, 2.45) is 5.73 Å². The number of nitrogens with zero attached hydrogens (tertiary/aromatic N) is 1. The molecule has 12 heavy (non-hydrogen) atoms. The van der Waals surface area contributed by atoms with Gasteiger partial charge in [0.05, 0.1) is 0 Å². The van der Waals surface area contributed by atoms with Crippen molar-refractivity contribution in [2.45, 2.75) is 12.5 Å². The Bertz CT molecular complexity index is 223. The normalized spacial score (nSPS) is 11.4. The third kappa shape index (κ3) is 3.03. The Labute approximate surface area is 78.9 Å². The molecule has 0 aliphatic heterocycles. The van der Waals surface area contributed by atoms with Gasteiger partial charge in [0.2, 0.25) is 0 Å². The number of aromatic nitrogens is 1. The molecule has 0 radical (unpaired) electrons. The topological polar surface area (TPSA) is 38.9 Å². The lowest BCUT2D eigenvalue weighted by atomic mass is 10.1. The monoisotopic (exact) mass is 184 g/mol. The highest BCUT2D eigenvalue weighted by Crippen LogP contribution is 2.11. The van der Waals surface area contributed by atoms with Crippen molar-refractivity contribution in [3.05, 3.63) is 42.7 Å². The van der Waals surface area contributed by atoms with Gasteiger partial charge in [-0.3, -0.25) is 4.98 Å². The summed E-state index contributed by atoms with van der Waals surface area (Å²) >= 11 is 0. The van der Waals surface area contributed by atoms with E-state index in [-0.39, 0.29) is 18.4 Å². The van der Waals surface area contributed by atoms with Crippen molar-refractivity contribution in [2.75, 3.05) is 0 Å². The SMILES string of the molecule is C=CC[C@@H](N)c1ccncc1.Cl. The summed E-state index contributed by atoms with van der Waals surface area (Å²) in [7, 11) is 0. The number of hydrogen-bond acceptors (Lipinski definition) is 2. The highest BCUT2D eigenvalue weighted by Gasteiger charge is 2.00. The van der Waals surface area contributed by atoms with Crippen molar-refractivity contribution in [1.82, 2.24) is 4.98 Å². The second-order valence-corrected chi connectivity index (χ2v) is 2.41. The first kappa shape index (κ1) is 11.1. The molecule has 1 heterocycles. The summed E-state index contributed by atoms with van der Waals surface area (Å²) in [4.78, 5) is 3.91. The number of pyridine rings is 1. The Morgan fingerprint density at radius 3 is 2.58 bits per heavy atom. The van der Waals surface area contributed by atoms with Gasteiger partial charge < -0.3 is 5.73 Å². The molecule has 1 rings (SSSR count). The predicted molar refractivity (Wildman–Crippen MR) is 53.2 cm³/mol. The van der Waals surface area contributed by atoms with Gasteiger partial charge in [0.25, 0.3) is 0 Å². The molecule has 0 bridgehead atoms. The summed E-state index contributed by atoms with van der Waals surface area (Å²) in [6.45, 7) is 3.63. The third-order valence-electron chi connectivity index (χ3n) is 1.55. The van der Waals surface area contributed by atoms with Gasteiger partial charge in [0, 0.05) is 18.4 Å². The molecule has 1 aromatic heterocycles. The second-order valence-electron chi connectivity index (χ2n) is 2.41. The Kier molecular flexibility index (Phi) is 5.34. The van der Waals surface area contributed by atoms with E-state index in [2.05, 4.69) is 11.6 Å². The molecule has 0 unspecified atom stereocenters. The maximum atomic E-state index is 5.81. The average Bonchev–Trinajstić information content (AvgIpc) is 2.07. The van der Waals surface area contributed by atoms with Crippen LogP contribution >= 0.6 is 12.4 Å². The minimum absolute atomic E-state index is 0. The van der Waals surface area contributed by atoms with Gasteiger partial charge in [-0.25, -0.2) is 0 Å². The van der Waals surface area contributed by atoms with Crippen LogP contribution < -0.4 is 5.73 Å². The lowest BCUT2D eigenvalue weighted by Crippen LogP contribution is -2.08. The van der Waals surface area contributed by atoms with Crippen LogP contribution in [0.15, 0.2) is 37.2 Å². The molecule has 2 N–H and O–H groups in total. The van der Waals surface area contributed by atoms with Crippen LogP contribution in [0.5, 0.6) is 0 Å². The summed E-state index contributed by atoms with van der Waals surface area (Å²) in [5, 5.41) is 0. The maximum absolute atomic E-state index is 5.81. The van der Waals surface area contributed by atoms with Crippen LogP contribution in [0.25, 0.3) is 0 Å². The summed E-state index contributed by atoms with van der Waals surface area (Å²) in [6.07, 6.45) is 6.13. The molecule has 0 aliphatic rings. The Hall–Kier alpha value is -0.860. The fourth-order valence-corrected chi connectivity index (χ4v) is 0.926. The van der Waals surface area contributed by atoms with E-state index in [1.54, 1.807) is 12.4 Å². The van der Waals surface area contributed by atoms with Gasteiger partial charge in [-0.05, 0) is 24.1 Å². The second kappa shape index (κ2) is 5.75. The van der Waals surface area contributed by atoms with Crippen molar-refractivity contribution >= 4 is 12.4 Å². The van der Waals surface area contributed by atoms with E-state index >= 15 is 0 Å². The van der Waals surface area contributed by atoms with Crippen molar-refractivity contribution in [3.8, 4) is 0 Å². The van der Waals surface area contributed by atoms with Crippen LogP contribution in [0.2, 0.25) is 0 Å². The molecule has 1 atom stereocenters. The van der Waals surface area contributed by atoms with E-state index in [1.807, 2.05) is 18.2 Å². The third-order valence-corrected chi connectivity index (χ3v) is 1.55. The predicted octanol–water partition coefficient (Wildman–Crippen LogP) is 2.08. The molecule has 0 saturated heterocycles. The highest BCUT2D eigenvalue weighted by molar-refractivity contribution is 5.85. The zero-order valence-electron chi connectivity index (χ0n) is 6.81. The molecular weight excluding hydrogens is 172 g/mol. The van der Waals surface area contributed by atoms with E-state index in [0.29, 0.717) is 0 Å². The molecule has 1 aromatic rings. The molecule has 0 saturated carbocycles. The summed E-state index contributed by atoms with van der Waals surface area (Å²) in [5.74, 6) is 0. The lowest BCUT2D eigenvalue weighted by molar-refractivity contribution is 0.740. The van der Waals surface area contributed by atoms with Crippen LogP contribution in [0.4, 0.5) is 0 Å². The molecular formula is C9H13ClN2. The van der Waals surface area contributed by atoms with E-state index in [4.69, 9.17) is 5.73 Å². The summed E-state index contributed by atoms with van der Waals surface area (Å²) < 4.78 is 0. The number of hydrogen-bond donors (Lipinski definition) is 1. The Morgan fingerprint density at radius 1 is 1.50 bits per heavy atom. The Morgan fingerprint density at radius 2 is 2.08 bits per heavy atom. The van der Waals surface area contributed by atoms with Crippen LogP contribution in [0.3, 0.4) is 0 Å². The molecule has 0 aliphatic carbocycles. The van der Waals surface area contributed by atoms with Gasteiger partial charge in [0.1, 0.15) is 0 Å². The van der Waals surface area contributed by atoms with Crippen molar-refractivity contribution < 1.29 is 0 Å². The first-order chi connectivity index (χ1) is 5.34. The molecule has 0 fully saturated rings. The van der Waals surface area contributed by atoms with Gasteiger partial charge in [-0.1, -0.05) is 6.08 Å². The van der Waals surface area contributed by atoms with Crippen molar-refractivity contribution in [3.63, 3.8) is 0 Å². The summed E-state index contributed by atoms with van der Waals surface area (Å²) in [6, 6.07) is 3.91. The van der Waals surface area contributed by atoms with Crippen LogP contribution in [0.1, 0.15) is 18.0 Å². The average molecular weight is 185 g/mol. The van der Waals surface area contributed by atoms with Crippen LogP contribution in [-0.2, 0) is 0 Å². The zero-order valence-corrected chi connectivity index (χ0v) is 7.63. The molecule has 3 heteroatoms. The lowest BCUT2D eigenvalue weighted by Gasteiger charge is -2.07. The highest BCUT2D eigenvalue weighted by atomic mass is 35.5. The minimum Gasteiger partial charge on any atom is -0.324 e.